The Morgan fingerprint density at radius 3 is 2.50 bits per heavy atom. The van der Waals surface area contributed by atoms with E-state index in [1.54, 1.807) is 36.1 Å². The van der Waals surface area contributed by atoms with Crippen LogP contribution in [-0.4, -0.2) is 67.6 Å². The number of amides is 3. The van der Waals surface area contributed by atoms with Crippen LogP contribution in [0.4, 0.5) is 16.2 Å². The number of hydrogen-bond donors (Lipinski definition) is 1. The van der Waals surface area contributed by atoms with Gasteiger partial charge in [-0.15, -0.1) is 11.3 Å². The molecule has 3 amide bonds. The number of benzene rings is 1. The number of ether oxygens (including phenoxy) is 2. The van der Waals surface area contributed by atoms with Crippen molar-refractivity contribution in [3.63, 3.8) is 0 Å². The normalized spacial score (nSPS) is 18.6. The predicted octanol–water partition coefficient (Wildman–Crippen LogP) is 1.77. The Morgan fingerprint density at radius 2 is 1.88 bits per heavy atom. The highest BCUT2D eigenvalue weighted by Gasteiger charge is 2.33. The number of anilines is 2. The van der Waals surface area contributed by atoms with Crippen molar-refractivity contribution in [1.82, 2.24) is 10.3 Å². The molecule has 0 spiro atoms. The second-order valence-electron chi connectivity index (χ2n) is 7.43. The molecule has 3 heterocycles. The largest absolute Gasteiger partial charge is 0.442 e. The lowest BCUT2D eigenvalue weighted by atomic mass is 10.2. The molecule has 32 heavy (non-hydrogen) atoms. The van der Waals surface area contributed by atoms with Crippen LogP contribution in [0.1, 0.15) is 32.1 Å². The van der Waals surface area contributed by atoms with E-state index in [2.05, 4.69) is 10.3 Å². The van der Waals surface area contributed by atoms with Crippen molar-refractivity contribution in [1.29, 1.82) is 0 Å². The summed E-state index contributed by atoms with van der Waals surface area (Å²) in [7, 11) is 0. The molecule has 2 aliphatic rings. The van der Waals surface area contributed by atoms with Gasteiger partial charge in [0.1, 0.15) is 12.7 Å². The molecule has 1 aromatic heterocycles. The van der Waals surface area contributed by atoms with Crippen LogP contribution >= 0.6 is 11.3 Å². The first kappa shape index (κ1) is 21.9. The van der Waals surface area contributed by atoms with Gasteiger partial charge in [-0.2, -0.15) is 0 Å². The number of Topliss-reactive ketones (excluding diaryl/α,β-unsaturated/α-hetero) is 1. The molecule has 11 heteroatoms. The Morgan fingerprint density at radius 1 is 1.19 bits per heavy atom. The summed E-state index contributed by atoms with van der Waals surface area (Å²) >= 11 is 1.04. The van der Waals surface area contributed by atoms with E-state index in [-0.39, 0.29) is 36.4 Å². The highest BCUT2D eigenvalue weighted by Crippen LogP contribution is 2.26. The van der Waals surface area contributed by atoms with Crippen molar-refractivity contribution in [3.05, 3.63) is 39.8 Å². The van der Waals surface area contributed by atoms with Crippen LogP contribution < -0.4 is 15.1 Å². The molecule has 168 valence electrons. The Bertz CT molecular complexity index is 1070. The SMILES string of the molecule is CC(=O)c1sc(C(=O)NC[C@H]2CN(c3ccc(N4CCOCC4=O)cc3)C(=O)O2)nc1C. The van der Waals surface area contributed by atoms with Crippen LogP contribution in [0.25, 0.3) is 0 Å². The molecule has 0 radical (unpaired) electrons. The molecule has 0 saturated carbocycles. The quantitative estimate of drug-likeness (QED) is 0.656. The molecule has 2 fully saturated rings. The summed E-state index contributed by atoms with van der Waals surface area (Å²) in [6, 6.07) is 7.06. The van der Waals surface area contributed by atoms with Gasteiger partial charge in [-0.25, -0.2) is 9.78 Å². The summed E-state index contributed by atoms with van der Waals surface area (Å²) in [5, 5.41) is 2.90. The fourth-order valence-corrected chi connectivity index (χ4v) is 4.42. The molecule has 10 nitrogen and oxygen atoms in total. The van der Waals surface area contributed by atoms with E-state index >= 15 is 0 Å². The summed E-state index contributed by atoms with van der Waals surface area (Å²) < 4.78 is 10.5. The fraction of sp³-hybridized carbons (Fsp3) is 0.381. The number of carbonyl (C=O) groups excluding carboxylic acids is 4. The zero-order valence-electron chi connectivity index (χ0n) is 17.6. The first-order chi connectivity index (χ1) is 15.3. The van der Waals surface area contributed by atoms with E-state index < -0.39 is 18.1 Å². The van der Waals surface area contributed by atoms with Crippen LogP contribution in [-0.2, 0) is 14.3 Å². The number of cyclic esters (lactones) is 1. The van der Waals surface area contributed by atoms with E-state index in [0.717, 1.165) is 17.0 Å². The molecule has 2 aliphatic heterocycles. The monoisotopic (exact) mass is 458 g/mol. The number of nitrogens with zero attached hydrogens (tertiary/aromatic N) is 3. The molecule has 1 N–H and O–H groups in total. The maximum absolute atomic E-state index is 12.4. The van der Waals surface area contributed by atoms with Crippen LogP contribution in [0.5, 0.6) is 0 Å². The van der Waals surface area contributed by atoms with Gasteiger partial charge in [-0.05, 0) is 31.2 Å². The van der Waals surface area contributed by atoms with Crippen LogP contribution in [0.15, 0.2) is 24.3 Å². The van der Waals surface area contributed by atoms with Gasteiger partial charge < -0.3 is 19.7 Å². The van der Waals surface area contributed by atoms with Crippen molar-refractivity contribution < 1.29 is 28.7 Å². The van der Waals surface area contributed by atoms with Crippen molar-refractivity contribution in [2.45, 2.75) is 20.0 Å². The van der Waals surface area contributed by atoms with E-state index in [1.807, 2.05) is 0 Å². The van der Waals surface area contributed by atoms with Crippen molar-refractivity contribution in [2.24, 2.45) is 0 Å². The van der Waals surface area contributed by atoms with E-state index in [1.165, 1.54) is 11.8 Å². The van der Waals surface area contributed by atoms with E-state index in [4.69, 9.17) is 9.47 Å². The third-order valence-corrected chi connectivity index (χ3v) is 6.39. The summed E-state index contributed by atoms with van der Waals surface area (Å²) in [4.78, 5) is 55.9. The molecule has 4 rings (SSSR count). The minimum atomic E-state index is -0.528. The van der Waals surface area contributed by atoms with Crippen molar-refractivity contribution in [3.8, 4) is 0 Å². The summed E-state index contributed by atoms with van der Waals surface area (Å²) in [5.74, 6) is -0.658. The topological polar surface area (TPSA) is 118 Å². The lowest BCUT2D eigenvalue weighted by molar-refractivity contribution is -0.125. The molecular formula is C21H22N4O6S. The van der Waals surface area contributed by atoms with Crippen LogP contribution in [0, 0.1) is 6.92 Å². The predicted molar refractivity (Wildman–Crippen MR) is 116 cm³/mol. The Labute approximate surface area is 188 Å². The van der Waals surface area contributed by atoms with Crippen LogP contribution in [0.3, 0.4) is 0 Å². The number of nitrogens with one attached hydrogen (secondary N) is 1. The smallest absolute Gasteiger partial charge is 0.414 e. The van der Waals surface area contributed by atoms with Gasteiger partial charge in [0.05, 0.1) is 30.3 Å². The standard InChI is InChI=1S/C21H22N4O6S/c1-12-18(13(2)26)32-20(23-12)19(28)22-9-16-10-25(21(29)31-16)15-5-3-14(4-6-15)24-7-8-30-11-17(24)27/h3-6,16H,7-11H2,1-2H3,(H,22,28)/t16-/m0/s1. The third kappa shape index (κ3) is 4.48. The first-order valence-electron chi connectivity index (χ1n) is 10.1. The molecule has 2 saturated heterocycles. The number of ketones is 1. The third-order valence-electron chi connectivity index (χ3n) is 5.13. The number of morpholine rings is 1. The van der Waals surface area contributed by atoms with Gasteiger partial charge >= 0.3 is 6.09 Å². The minimum absolute atomic E-state index is 0.0597. The highest BCUT2D eigenvalue weighted by atomic mass is 32.1. The highest BCUT2D eigenvalue weighted by molar-refractivity contribution is 7.15. The lowest BCUT2D eigenvalue weighted by Gasteiger charge is -2.27. The first-order valence-corrected chi connectivity index (χ1v) is 10.9. The molecule has 1 atom stereocenters. The van der Waals surface area contributed by atoms with Crippen molar-refractivity contribution in [2.75, 3.05) is 42.6 Å². The van der Waals surface area contributed by atoms with Gasteiger partial charge in [0.2, 0.25) is 0 Å². The molecule has 2 aromatic rings. The summed E-state index contributed by atoms with van der Waals surface area (Å²) in [5.41, 5.74) is 1.89. The average Bonchev–Trinajstić information content (AvgIpc) is 3.35. The zero-order valence-corrected chi connectivity index (χ0v) is 18.4. The molecule has 0 unspecified atom stereocenters. The Balaban J connectivity index is 1.35. The van der Waals surface area contributed by atoms with E-state index in [9.17, 15) is 19.2 Å². The van der Waals surface area contributed by atoms with Crippen LogP contribution in [0.2, 0.25) is 0 Å². The Hall–Kier alpha value is -3.31. The number of rotatable bonds is 6. The number of carbonyl (C=O) groups is 4. The van der Waals surface area contributed by atoms with Gasteiger partial charge in [0.15, 0.2) is 10.8 Å². The minimum Gasteiger partial charge on any atom is -0.442 e. The molecule has 1 aromatic carbocycles. The van der Waals surface area contributed by atoms with Crippen molar-refractivity contribution >= 4 is 46.4 Å². The van der Waals surface area contributed by atoms with E-state index in [0.29, 0.717) is 29.4 Å². The fourth-order valence-electron chi connectivity index (χ4n) is 3.54. The van der Waals surface area contributed by atoms with Gasteiger partial charge in [0, 0.05) is 24.8 Å². The molecule has 0 bridgehead atoms. The summed E-state index contributed by atoms with van der Waals surface area (Å²) in [6.07, 6.45) is -1.04. The van der Waals surface area contributed by atoms with Gasteiger partial charge in [-0.1, -0.05) is 0 Å². The Kier molecular flexibility index (Phi) is 6.19. The second kappa shape index (κ2) is 9.05. The number of aromatic nitrogens is 1. The van der Waals surface area contributed by atoms with Gasteiger partial charge in [-0.3, -0.25) is 19.3 Å². The lowest BCUT2D eigenvalue weighted by Crippen LogP contribution is -2.41. The summed E-state index contributed by atoms with van der Waals surface area (Å²) in [6.45, 7) is 4.53. The second-order valence-corrected chi connectivity index (χ2v) is 8.43. The maximum atomic E-state index is 12.4. The molecular weight excluding hydrogens is 436 g/mol. The number of aryl methyl sites for hydroxylation is 1. The van der Waals surface area contributed by atoms with Gasteiger partial charge in [0.25, 0.3) is 11.8 Å². The number of thiazole rings is 1. The molecule has 0 aliphatic carbocycles. The average molecular weight is 458 g/mol. The maximum Gasteiger partial charge on any atom is 0.414 e. The number of hydrogen-bond acceptors (Lipinski definition) is 8. The zero-order chi connectivity index (χ0) is 22.8.